The maximum Gasteiger partial charge on any atom is 0.230 e. The van der Waals surface area contributed by atoms with Crippen molar-refractivity contribution in [1.82, 2.24) is 0 Å². The highest BCUT2D eigenvalue weighted by molar-refractivity contribution is 8.00. The van der Waals surface area contributed by atoms with E-state index < -0.39 is 5.79 Å². The predicted molar refractivity (Wildman–Crippen MR) is 275 cm³/mol. The van der Waals surface area contributed by atoms with Crippen molar-refractivity contribution in [1.29, 1.82) is 0 Å². The second-order valence-corrected chi connectivity index (χ2v) is 21.6. The van der Waals surface area contributed by atoms with Gasteiger partial charge >= 0.3 is 0 Å². The van der Waals surface area contributed by atoms with Crippen molar-refractivity contribution in [2.45, 2.75) is 189 Å². The molecule has 2 aromatic rings. The molecule has 368 valence electrons. The zero-order valence-corrected chi connectivity index (χ0v) is 42.2. The average molecular weight is 948 g/mol. The van der Waals surface area contributed by atoms with Crippen molar-refractivity contribution in [3.63, 3.8) is 0 Å². The Hall–Kier alpha value is -2.47. The Labute approximate surface area is 407 Å². The molecule has 1 saturated heterocycles. The first-order valence-electron chi connectivity index (χ1n) is 26.4. The highest BCUT2D eigenvalue weighted by Crippen LogP contribution is 2.62. The van der Waals surface area contributed by atoms with E-state index in [1.807, 2.05) is 23.9 Å². The Morgan fingerprint density at radius 2 is 1.53 bits per heavy atom. The summed E-state index contributed by atoms with van der Waals surface area (Å²) in [6, 6.07) is 16.9. The van der Waals surface area contributed by atoms with Crippen LogP contribution in [0.5, 0.6) is 11.5 Å². The molecule has 2 fully saturated rings. The van der Waals surface area contributed by atoms with Gasteiger partial charge in [0.25, 0.3) is 0 Å². The number of unbranched alkanes of at least 4 members (excludes halogenated alkanes) is 15. The molecular formula is C56H85NO7S2. The summed E-state index contributed by atoms with van der Waals surface area (Å²) >= 11 is 3.79. The van der Waals surface area contributed by atoms with Crippen LogP contribution in [0.25, 0.3) is 0 Å². The van der Waals surface area contributed by atoms with Crippen LogP contribution in [-0.4, -0.2) is 77.8 Å². The van der Waals surface area contributed by atoms with Crippen molar-refractivity contribution in [2.24, 2.45) is 22.9 Å². The summed E-state index contributed by atoms with van der Waals surface area (Å²) < 4.78 is 27.2. The van der Waals surface area contributed by atoms with Crippen LogP contribution in [0.4, 0.5) is 0 Å². The molecule has 0 radical (unpaired) electrons. The van der Waals surface area contributed by atoms with E-state index >= 15 is 0 Å². The molecule has 0 aromatic heterocycles. The number of rotatable bonds is 34. The number of benzene rings is 2. The number of thioether (sulfide) groups is 2. The van der Waals surface area contributed by atoms with E-state index in [2.05, 4.69) is 62.0 Å². The van der Waals surface area contributed by atoms with Crippen LogP contribution in [-0.2, 0) is 14.3 Å². The van der Waals surface area contributed by atoms with E-state index in [-0.39, 0.29) is 48.4 Å². The Morgan fingerprint density at radius 1 is 0.818 bits per heavy atom. The van der Waals surface area contributed by atoms with Gasteiger partial charge in [-0.05, 0) is 98.4 Å². The van der Waals surface area contributed by atoms with Gasteiger partial charge in [0.05, 0.1) is 36.7 Å². The summed E-state index contributed by atoms with van der Waals surface area (Å²) in [5.74, 6) is 2.98. The van der Waals surface area contributed by atoms with Gasteiger partial charge in [0.15, 0.2) is 0 Å². The molecule has 1 unspecified atom stereocenters. The molecule has 2 N–H and O–H groups in total. The van der Waals surface area contributed by atoms with E-state index in [1.165, 1.54) is 88.4 Å². The fraction of sp³-hybridized carbons (Fsp3) is 0.696. The van der Waals surface area contributed by atoms with Gasteiger partial charge < -0.3 is 34.0 Å². The number of ether oxygens (including phenoxy) is 4. The van der Waals surface area contributed by atoms with Gasteiger partial charge in [-0.2, -0.15) is 11.8 Å². The third kappa shape index (κ3) is 15.8. The van der Waals surface area contributed by atoms with E-state index in [0.29, 0.717) is 26.2 Å². The normalized spacial score (nSPS) is 25.1. The van der Waals surface area contributed by atoms with E-state index in [1.54, 1.807) is 11.8 Å². The maximum absolute atomic E-state index is 10.0. The first-order valence-corrected chi connectivity index (χ1v) is 28.4. The number of oxime groups is 1. The molecule has 0 spiro atoms. The molecule has 2 aliphatic heterocycles. The van der Waals surface area contributed by atoms with Gasteiger partial charge in [0.1, 0.15) is 11.5 Å². The number of nitrogens with zero attached hydrogens (tertiary/aromatic N) is 1. The van der Waals surface area contributed by atoms with Crippen molar-refractivity contribution >= 4 is 29.2 Å². The standard InChI is InChI=1S/C56H85NO7S2/c1-3-5-6-7-8-9-10-11-12-13-14-15-16-26-39-66-52-43-50(57-64-53-31-22-25-37-61-53)48-41-44(27-20-23-34-58)47(30-21-24-35-59)54-49-42-45(60-38-40-65-46-28-18-17-19-29-46)32-33-51(49)63-56(52,55(48)54)62-36-4-2/h4,17-19,28-29,32-33,41-42,44,47,52-55,58-59H,2-3,5-16,20-27,30-31,34-40,43H2,1H3/t44-,47+,52-,53?,54+,55+,56+/m0/s1. The number of allylic oxidation sites excluding steroid dienone is 1. The minimum Gasteiger partial charge on any atom is -0.493 e. The maximum atomic E-state index is 10.0. The fourth-order valence-electron chi connectivity index (χ4n) is 10.8. The van der Waals surface area contributed by atoms with E-state index in [4.69, 9.17) is 28.9 Å². The van der Waals surface area contributed by atoms with Gasteiger partial charge in [-0.1, -0.05) is 139 Å². The first-order chi connectivity index (χ1) is 32.6. The molecular weight excluding hydrogens is 863 g/mol. The first kappa shape index (κ1) is 52.9. The number of aliphatic hydroxyl groups excluding tert-OH is 2. The Morgan fingerprint density at radius 3 is 2.21 bits per heavy atom. The SMILES string of the molecule is C=CCO[C@@]12Oc3ccc(OCCSc4ccccc4)cc3[C@H]3[C@H](CCCCO)[C@@H](CCCCO)C=C(C(=NOC4CCCCO4)C[C@@H]1SCCCCCCCCCCCCCCCC)[C@H]32. The lowest BCUT2D eigenvalue weighted by molar-refractivity contribution is -0.223. The van der Waals surface area contributed by atoms with E-state index in [0.717, 1.165) is 104 Å². The van der Waals surface area contributed by atoms with Gasteiger partial charge in [-0.25, -0.2) is 0 Å². The van der Waals surface area contributed by atoms with Crippen LogP contribution in [0.2, 0.25) is 0 Å². The summed E-state index contributed by atoms with van der Waals surface area (Å²) in [4.78, 5) is 7.57. The lowest BCUT2D eigenvalue weighted by atomic mass is 9.56. The molecule has 8 nitrogen and oxygen atoms in total. The molecule has 2 aliphatic carbocycles. The molecule has 2 heterocycles. The highest BCUT2D eigenvalue weighted by Gasteiger charge is 2.64. The van der Waals surface area contributed by atoms with Gasteiger partial charge in [0.2, 0.25) is 12.1 Å². The topological polar surface area (TPSA) is 99.0 Å². The van der Waals surface area contributed by atoms with Gasteiger partial charge in [0, 0.05) is 48.2 Å². The van der Waals surface area contributed by atoms with Crippen molar-refractivity contribution in [3.8, 4) is 11.5 Å². The number of hydrogen-bond donors (Lipinski definition) is 2. The van der Waals surface area contributed by atoms with Crippen molar-refractivity contribution in [2.75, 3.05) is 44.5 Å². The number of hydrogen-bond acceptors (Lipinski definition) is 10. The van der Waals surface area contributed by atoms with Crippen LogP contribution in [0.15, 0.2) is 82.9 Å². The van der Waals surface area contributed by atoms with Gasteiger partial charge in [-0.3, -0.25) is 0 Å². The van der Waals surface area contributed by atoms with E-state index in [9.17, 15) is 10.2 Å². The Bertz CT molecular complexity index is 1720. The molecule has 7 atom stereocenters. The molecule has 6 rings (SSSR count). The second-order valence-electron chi connectivity index (χ2n) is 19.1. The molecule has 0 amide bonds. The zero-order valence-electron chi connectivity index (χ0n) is 40.6. The third-order valence-electron chi connectivity index (χ3n) is 14.2. The Kier molecular flexibility index (Phi) is 24.2. The zero-order chi connectivity index (χ0) is 46.1. The summed E-state index contributed by atoms with van der Waals surface area (Å²) in [7, 11) is 0. The molecule has 1 saturated carbocycles. The summed E-state index contributed by atoms with van der Waals surface area (Å²) in [5, 5.41) is 25.0. The number of aliphatic hydroxyl groups is 2. The lowest BCUT2D eigenvalue weighted by Crippen LogP contribution is -2.64. The number of fused-ring (bicyclic) bond motifs is 2. The quantitative estimate of drug-likeness (QED) is 0.0308. The van der Waals surface area contributed by atoms with Crippen molar-refractivity contribution in [3.05, 3.63) is 78.4 Å². The largest absolute Gasteiger partial charge is 0.493 e. The monoisotopic (exact) mass is 948 g/mol. The van der Waals surface area contributed by atoms with Crippen LogP contribution < -0.4 is 9.47 Å². The minimum absolute atomic E-state index is 0.0400. The molecule has 10 heteroatoms. The summed E-state index contributed by atoms with van der Waals surface area (Å²) in [6.45, 7) is 8.43. The third-order valence-corrected chi connectivity index (χ3v) is 16.6. The smallest absolute Gasteiger partial charge is 0.230 e. The molecule has 0 bridgehead atoms. The predicted octanol–water partition coefficient (Wildman–Crippen LogP) is 14.2. The summed E-state index contributed by atoms with van der Waals surface area (Å²) in [6.07, 6.45) is 31.8. The summed E-state index contributed by atoms with van der Waals surface area (Å²) in [5.41, 5.74) is 3.30. The van der Waals surface area contributed by atoms with Gasteiger partial charge in [-0.15, -0.1) is 18.3 Å². The van der Waals surface area contributed by atoms with Crippen LogP contribution in [0, 0.1) is 17.8 Å². The van der Waals surface area contributed by atoms with Crippen molar-refractivity contribution < 1.29 is 34.0 Å². The van der Waals surface area contributed by atoms with Crippen LogP contribution in [0.3, 0.4) is 0 Å². The average Bonchev–Trinajstić information content (AvgIpc) is 3.35. The molecule has 66 heavy (non-hydrogen) atoms. The second kappa shape index (κ2) is 30.2. The lowest BCUT2D eigenvalue weighted by Gasteiger charge is -2.58. The van der Waals surface area contributed by atoms with Crippen LogP contribution >= 0.6 is 23.5 Å². The Balaban J connectivity index is 1.25. The highest BCUT2D eigenvalue weighted by atomic mass is 32.2. The minimum atomic E-state index is -0.960. The molecule has 4 aliphatic rings. The molecule has 2 aromatic carbocycles. The fourth-order valence-corrected chi connectivity index (χ4v) is 13.0. The van der Waals surface area contributed by atoms with Crippen LogP contribution in [0.1, 0.15) is 173 Å².